The van der Waals surface area contributed by atoms with Crippen molar-refractivity contribution in [3.05, 3.63) is 28.8 Å². The number of nitrogens with zero attached hydrogens (tertiary/aromatic N) is 1. The summed E-state index contributed by atoms with van der Waals surface area (Å²) in [5, 5.41) is 0.534. The van der Waals surface area contributed by atoms with Gasteiger partial charge in [0.25, 0.3) is 5.91 Å². The minimum absolute atomic E-state index is 0.0558. The van der Waals surface area contributed by atoms with E-state index in [1.165, 1.54) is 6.42 Å². The molecule has 0 spiro atoms. The Bertz CT molecular complexity index is 507. The standard InChI is InChI=1S/C16H23ClN2O2/c1-19(14-6-4-3-5-11(14)10-18)16(20)13-9-12(17)7-8-15(13)21-2/h7-9,11,14H,3-6,10,18H2,1-2H3. The highest BCUT2D eigenvalue weighted by atomic mass is 35.5. The summed E-state index contributed by atoms with van der Waals surface area (Å²) >= 11 is 6.02. The van der Waals surface area contributed by atoms with Gasteiger partial charge in [-0.05, 0) is 43.5 Å². The third kappa shape index (κ3) is 3.50. The molecular weight excluding hydrogens is 288 g/mol. The molecule has 1 aromatic rings. The van der Waals surface area contributed by atoms with Crippen LogP contribution in [0.3, 0.4) is 0 Å². The number of methoxy groups -OCH3 is 1. The molecule has 0 radical (unpaired) electrons. The zero-order chi connectivity index (χ0) is 15.4. The van der Waals surface area contributed by atoms with E-state index < -0.39 is 0 Å². The normalized spacial score (nSPS) is 21.9. The summed E-state index contributed by atoms with van der Waals surface area (Å²) in [5.74, 6) is 0.869. The SMILES string of the molecule is COc1ccc(Cl)cc1C(=O)N(C)C1CCCCC1CN. The van der Waals surface area contributed by atoms with Gasteiger partial charge in [0.15, 0.2) is 0 Å². The smallest absolute Gasteiger partial charge is 0.257 e. The molecule has 4 nitrogen and oxygen atoms in total. The largest absolute Gasteiger partial charge is 0.496 e. The monoisotopic (exact) mass is 310 g/mol. The molecule has 0 heterocycles. The first-order valence-corrected chi connectivity index (χ1v) is 7.77. The van der Waals surface area contributed by atoms with E-state index in [4.69, 9.17) is 22.1 Å². The quantitative estimate of drug-likeness (QED) is 0.930. The third-order valence-corrected chi connectivity index (χ3v) is 4.62. The lowest BCUT2D eigenvalue weighted by molar-refractivity contribution is 0.0617. The van der Waals surface area contributed by atoms with E-state index in [9.17, 15) is 4.79 Å². The van der Waals surface area contributed by atoms with Crippen LogP contribution in [0.25, 0.3) is 0 Å². The molecule has 1 aliphatic rings. The van der Waals surface area contributed by atoms with Gasteiger partial charge >= 0.3 is 0 Å². The molecule has 2 N–H and O–H groups in total. The molecule has 0 aliphatic heterocycles. The molecule has 0 bridgehead atoms. The highest BCUT2D eigenvalue weighted by Crippen LogP contribution is 2.30. The maximum Gasteiger partial charge on any atom is 0.257 e. The van der Waals surface area contributed by atoms with Crippen molar-refractivity contribution in [2.45, 2.75) is 31.7 Å². The summed E-state index contributed by atoms with van der Waals surface area (Å²) < 4.78 is 5.28. The van der Waals surface area contributed by atoms with Gasteiger partial charge in [-0.3, -0.25) is 4.79 Å². The minimum atomic E-state index is -0.0558. The Morgan fingerprint density at radius 1 is 1.43 bits per heavy atom. The molecule has 2 atom stereocenters. The van der Waals surface area contributed by atoms with E-state index in [-0.39, 0.29) is 11.9 Å². The highest BCUT2D eigenvalue weighted by Gasteiger charge is 2.31. The average Bonchev–Trinajstić information content (AvgIpc) is 2.53. The summed E-state index contributed by atoms with van der Waals surface area (Å²) in [6, 6.07) is 5.31. The van der Waals surface area contributed by atoms with Gasteiger partial charge < -0.3 is 15.4 Å². The molecule has 2 rings (SSSR count). The second-order valence-electron chi connectivity index (χ2n) is 5.61. The van der Waals surface area contributed by atoms with Crippen LogP contribution < -0.4 is 10.5 Å². The second kappa shape index (κ2) is 7.14. The van der Waals surface area contributed by atoms with Crippen molar-refractivity contribution in [2.24, 2.45) is 11.7 Å². The number of halogens is 1. The molecular formula is C16H23ClN2O2. The van der Waals surface area contributed by atoms with Crippen molar-refractivity contribution in [3.63, 3.8) is 0 Å². The second-order valence-corrected chi connectivity index (χ2v) is 6.04. The number of amides is 1. The Balaban J connectivity index is 2.24. The summed E-state index contributed by atoms with van der Waals surface area (Å²) in [7, 11) is 3.41. The van der Waals surface area contributed by atoms with Crippen molar-refractivity contribution in [1.82, 2.24) is 4.90 Å². The number of hydrogen-bond donors (Lipinski definition) is 1. The van der Waals surface area contributed by atoms with Gasteiger partial charge in [-0.1, -0.05) is 24.4 Å². The van der Waals surface area contributed by atoms with Crippen LogP contribution in [-0.2, 0) is 0 Å². The van der Waals surface area contributed by atoms with Crippen LogP contribution >= 0.6 is 11.6 Å². The first kappa shape index (κ1) is 16.1. The fraction of sp³-hybridized carbons (Fsp3) is 0.562. The van der Waals surface area contributed by atoms with E-state index in [2.05, 4.69) is 0 Å². The van der Waals surface area contributed by atoms with Crippen molar-refractivity contribution in [2.75, 3.05) is 20.7 Å². The van der Waals surface area contributed by atoms with Gasteiger partial charge in [0, 0.05) is 18.1 Å². The van der Waals surface area contributed by atoms with Gasteiger partial charge in [-0.2, -0.15) is 0 Å². The van der Waals surface area contributed by atoms with Crippen LogP contribution in [0.4, 0.5) is 0 Å². The zero-order valence-corrected chi connectivity index (χ0v) is 13.4. The molecule has 5 heteroatoms. The lowest BCUT2D eigenvalue weighted by Gasteiger charge is -2.37. The number of benzene rings is 1. The third-order valence-electron chi connectivity index (χ3n) is 4.38. The summed E-state index contributed by atoms with van der Waals surface area (Å²) in [6.07, 6.45) is 4.44. The summed E-state index contributed by atoms with van der Waals surface area (Å²) in [5.41, 5.74) is 6.37. The predicted molar refractivity (Wildman–Crippen MR) is 84.9 cm³/mol. The Morgan fingerprint density at radius 2 is 2.14 bits per heavy atom. The number of carbonyl (C=O) groups excluding carboxylic acids is 1. The Morgan fingerprint density at radius 3 is 2.81 bits per heavy atom. The van der Waals surface area contributed by atoms with Gasteiger partial charge in [0.05, 0.1) is 12.7 Å². The Hall–Kier alpha value is -1.26. The number of ether oxygens (including phenoxy) is 1. The van der Waals surface area contributed by atoms with Crippen LogP contribution in [0.2, 0.25) is 5.02 Å². The maximum absolute atomic E-state index is 12.8. The van der Waals surface area contributed by atoms with Crippen molar-refractivity contribution < 1.29 is 9.53 Å². The fourth-order valence-electron chi connectivity index (χ4n) is 3.16. The minimum Gasteiger partial charge on any atom is -0.496 e. The van der Waals surface area contributed by atoms with E-state index in [0.29, 0.717) is 28.8 Å². The van der Waals surface area contributed by atoms with Crippen LogP contribution in [0, 0.1) is 5.92 Å². The molecule has 116 valence electrons. The number of hydrogen-bond acceptors (Lipinski definition) is 3. The molecule has 21 heavy (non-hydrogen) atoms. The van der Waals surface area contributed by atoms with Gasteiger partial charge in [0.1, 0.15) is 5.75 Å². The molecule has 0 saturated heterocycles. The lowest BCUT2D eigenvalue weighted by atomic mass is 9.83. The molecule has 1 aliphatic carbocycles. The molecule has 1 saturated carbocycles. The van der Waals surface area contributed by atoms with Gasteiger partial charge in [-0.15, -0.1) is 0 Å². The van der Waals surface area contributed by atoms with Crippen molar-refractivity contribution in [1.29, 1.82) is 0 Å². The molecule has 1 amide bonds. The van der Waals surface area contributed by atoms with Crippen LogP contribution in [0.1, 0.15) is 36.0 Å². The van der Waals surface area contributed by atoms with Gasteiger partial charge in [-0.25, -0.2) is 0 Å². The Kier molecular flexibility index (Phi) is 5.48. The average molecular weight is 311 g/mol. The number of rotatable bonds is 4. The molecule has 2 unspecified atom stereocenters. The molecule has 1 fully saturated rings. The maximum atomic E-state index is 12.8. The van der Waals surface area contributed by atoms with Crippen molar-refractivity contribution >= 4 is 17.5 Å². The van der Waals surface area contributed by atoms with Gasteiger partial charge in [0.2, 0.25) is 0 Å². The summed E-state index contributed by atoms with van der Waals surface area (Å²) in [6.45, 7) is 0.620. The van der Waals surface area contributed by atoms with E-state index in [1.807, 2.05) is 11.9 Å². The predicted octanol–water partition coefficient (Wildman–Crippen LogP) is 2.94. The topological polar surface area (TPSA) is 55.6 Å². The Labute approximate surface area is 131 Å². The van der Waals surface area contributed by atoms with E-state index in [1.54, 1.807) is 25.3 Å². The van der Waals surface area contributed by atoms with Crippen LogP contribution in [0.15, 0.2) is 18.2 Å². The molecule has 1 aromatic carbocycles. The lowest BCUT2D eigenvalue weighted by Crippen LogP contribution is -2.46. The highest BCUT2D eigenvalue weighted by molar-refractivity contribution is 6.31. The van der Waals surface area contributed by atoms with E-state index in [0.717, 1.165) is 19.3 Å². The molecule has 0 aromatic heterocycles. The number of nitrogens with two attached hydrogens (primary N) is 1. The van der Waals surface area contributed by atoms with E-state index >= 15 is 0 Å². The first-order valence-electron chi connectivity index (χ1n) is 7.39. The van der Waals surface area contributed by atoms with Crippen LogP contribution in [0.5, 0.6) is 5.75 Å². The fourth-order valence-corrected chi connectivity index (χ4v) is 3.33. The summed E-state index contributed by atoms with van der Waals surface area (Å²) in [4.78, 5) is 14.6. The van der Waals surface area contributed by atoms with Crippen LogP contribution in [-0.4, -0.2) is 37.6 Å². The number of carbonyl (C=O) groups is 1. The zero-order valence-electron chi connectivity index (χ0n) is 12.6. The van der Waals surface area contributed by atoms with Crippen molar-refractivity contribution in [3.8, 4) is 5.75 Å². The first-order chi connectivity index (χ1) is 10.1.